The zero-order chi connectivity index (χ0) is 20.2. The van der Waals surface area contributed by atoms with Crippen LogP contribution in [0.1, 0.15) is 44.2 Å². The molecule has 2 fully saturated rings. The highest BCUT2D eigenvalue weighted by molar-refractivity contribution is 5.89. The molecule has 1 atom stereocenters. The molecule has 0 unspecified atom stereocenters. The van der Waals surface area contributed by atoms with Crippen LogP contribution in [0, 0.1) is 0 Å². The van der Waals surface area contributed by atoms with E-state index < -0.39 is 5.54 Å². The Bertz CT molecular complexity index is 1070. The molecule has 5 rings (SSSR count). The molecule has 3 aromatic rings. The van der Waals surface area contributed by atoms with Crippen LogP contribution in [-0.2, 0) is 4.79 Å². The molecule has 29 heavy (non-hydrogen) atoms. The number of carbonyl (C=O) groups is 1. The Morgan fingerprint density at radius 3 is 2.97 bits per heavy atom. The summed E-state index contributed by atoms with van der Waals surface area (Å²) in [5, 5.41) is 15.5. The van der Waals surface area contributed by atoms with E-state index in [1.807, 2.05) is 30.2 Å². The monoisotopic (exact) mass is 394 g/mol. The number of H-pyrrole nitrogens is 1. The third kappa shape index (κ3) is 3.01. The van der Waals surface area contributed by atoms with Crippen LogP contribution in [0.2, 0.25) is 0 Å². The maximum absolute atomic E-state index is 12.9. The van der Waals surface area contributed by atoms with Crippen LogP contribution in [0.25, 0.3) is 5.52 Å². The van der Waals surface area contributed by atoms with Crippen LogP contribution >= 0.6 is 0 Å². The van der Waals surface area contributed by atoms with Crippen molar-refractivity contribution in [2.75, 3.05) is 30.9 Å². The van der Waals surface area contributed by atoms with Crippen LogP contribution in [-0.4, -0.2) is 61.8 Å². The quantitative estimate of drug-likeness (QED) is 0.691. The number of carbonyl (C=O) groups excluding carboxylic acids is 1. The van der Waals surface area contributed by atoms with Gasteiger partial charge in [-0.25, -0.2) is 4.52 Å². The molecule has 1 saturated carbocycles. The maximum Gasteiger partial charge on any atom is 0.247 e. The third-order valence-corrected chi connectivity index (χ3v) is 5.99. The SMILES string of the molecule is CN(C)C(=O)[C@]1(C)CCCN1c1nc(Nc2cc(C3CC3)[nH]n2)c2cccn2n1. The van der Waals surface area contributed by atoms with Crippen molar-refractivity contribution < 1.29 is 4.79 Å². The fourth-order valence-corrected chi connectivity index (χ4v) is 4.24. The molecule has 4 heterocycles. The van der Waals surface area contributed by atoms with E-state index in [0.29, 0.717) is 17.7 Å². The highest BCUT2D eigenvalue weighted by Gasteiger charge is 2.45. The maximum atomic E-state index is 12.9. The summed E-state index contributed by atoms with van der Waals surface area (Å²) in [6, 6.07) is 5.95. The summed E-state index contributed by atoms with van der Waals surface area (Å²) in [7, 11) is 3.59. The number of rotatable bonds is 5. The lowest BCUT2D eigenvalue weighted by Gasteiger charge is -2.35. The second-order valence-corrected chi connectivity index (χ2v) is 8.43. The fourth-order valence-electron chi connectivity index (χ4n) is 4.24. The third-order valence-electron chi connectivity index (χ3n) is 5.99. The van der Waals surface area contributed by atoms with Gasteiger partial charge in [0.2, 0.25) is 11.9 Å². The minimum atomic E-state index is -0.646. The molecule has 1 aliphatic carbocycles. The molecule has 9 nitrogen and oxygen atoms in total. The van der Waals surface area contributed by atoms with E-state index in [4.69, 9.17) is 10.1 Å². The first-order valence-electron chi connectivity index (χ1n) is 10.1. The number of amides is 1. The molecule has 2 aliphatic rings. The summed E-state index contributed by atoms with van der Waals surface area (Å²) >= 11 is 0. The molecule has 3 aromatic heterocycles. The highest BCUT2D eigenvalue weighted by Crippen LogP contribution is 2.40. The zero-order valence-electron chi connectivity index (χ0n) is 17.0. The van der Waals surface area contributed by atoms with Crippen molar-refractivity contribution in [2.45, 2.75) is 44.1 Å². The number of fused-ring (bicyclic) bond motifs is 1. The van der Waals surface area contributed by atoms with Crippen LogP contribution in [0.5, 0.6) is 0 Å². The van der Waals surface area contributed by atoms with Crippen LogP contribution in [0.4, 0.5) is 17.6 Å². The summed E-state index contributed by atoms with van der Waals surface area (Å²) in [6.45, 7) is 2.73. The van der Waals surface area contributed by atoms with Crippen molar-refractivity contribution in [3.05, 3.63) is 30.1 Å². The number of aromatic amines is 1. The molecule has 2 N–H and O–H groups in total. The van der Waals surface area contributed by atoms with Gasteiger partial charge < -0.3 is 15.1 Å². The highest BCUT2D eigenvalue weighted by atomic mass is 16.2. The second-order valence-electron chi connectivity index (χ2n) is 8.43. The molecule has 1 aliphatic heterocycles. The zero-order valence-corrected chi connectivity index (χ0v) is 17.0. The van der Waals surface area contributed by atoms with E-state index in [1.54, 1.807) is 23.5 Å². The Morgan fingerprint density at radius 2 is 2.21 bits per heavy atom. The molecular formula is C20H26N8O. The number of anilines is 3. The van der Waals surface area contributed by atoms with Gasteiger partial charge in [-0.1, -0.05) is 0 Å². The first kappa shape index (κ1) is 18.0. The van der Waals surface area contributed by atoms with Crippen molar-refractivity contribution in [1.82, 2.24) is 29.7 Å². The summed E-state index contributed by atoms with van der Waals surface area (Å²) in [4.78, 5) is 21.4. The molecule has 0 radical (unpaired) electrons. The van der Waals surface area contributed by atoms with Gasteiger partial charge in [-0.3, -0.25) is 9.89 Å². The summed E-state index contributed by atoms with van der Waals surface area (Å²) in [5.74, 6) is 2.65. The average Bonchev–Trinajstić information content (AvgIpc) is 3.08. The lowest BCUT2D eigenvalue weighted by atomic mass is 9.97. The number of hydrogen-bond acceptors (Lipinski definition) is 6. The van der Waals surface area contributed by atoms with Gasteiger partial charge >= 0.3 is 0 Å². The lowest BCUT2D eigenvalue weighted by molar-refractivity contribution is -0.133. The summed E-state index contributed by atoms with van der Waals surface area (Å²) in [5.41, 5.74) is 1.38. The molecule has 152 valence electrons. The summed E-state index contributed by atoms with van der Waals surface area (Å²) < 4.78 is 1.80. The Kier molecular flexibility index (Phi) is 4.01. The van der Waals surface area contributed by atoms with E-state index in [1.165, 1.54) is 12.8 Å². The number of nitrogens with one attached hydrogen (secondary N) is 2. The summed E-state index contributed by atoms with van der Waals surface area (Å²) in [6.07, 6.45) is 6.04. The Hall–Kier alpha value is -3.10. The second kappa shape index (κ2) is 6.47. The molecule has 9 heteroatoms. The topological polar surface area (TPSA) is 94.5 Å². The predicted octanol–water partition coefficient (Wildman–Crippen LogP) is 2.52. The van der Waals surface area contributed by atoms with Gasteiger partial charge in [-0.05, 0) is 44.7 Å². The van der Waals surface area contributed by atoms with E-state index in [-0.39, 0.29) is 5.91 Å². The van der Waals surface area contributed by atoms with Gasteiger partial charge in [0, 0.05) is 44.5 Å². The first-order chi connectivity index (χ1) is 14.0. The van der Waals surface area contributed by atoms with Crippen molar-refractivity contribution in [3.63, 3.8) is 0 Å². The molecule has 0 spiro atoms. The molecule has 1 amide bonds. The number of aromatic nitrogens is 5. The van der Waals surface area contributed by atoms with Gasteiger partial charge in [-0.2, -0.15) is 10.1 Å². The van der Waals surface area contributed by atoms with E-state index in [9.17, 15) is 4.79 Å². The van der Waals surface area contributed by atoms with Gasteiger partial charge in [0.25, 0.3) is 0 Å². The number of nitrogens with zero attached hydrogens (tertiary/aromatic N) is 6. The lowest BCUT2D eigenvalue weighted by Crippen LogP contribution is -2.53. The largest absolute Gasteiger partial charge is 0.347 e. The normalized spacial score (nSPS) is 21.7. The average molecular weight is 394 g/mol. The van der Waals surface area contributed by atoms with E-state index in [2.05, 4.69) is 21.6 Å². The van der Waals surface area contributed by atoms with Crippen LogP contribution < -0.4 is 10.2 Å². The van der Waals surface area contributed by atoms with Crippen molar-refractivity contribution in [2.24, 2.45) is 0 Å². The van der Waals surface area contributed by atoms with Crippen molar-refractivity contribution >= 4 is 29.0 Å². The van der Waals surface area contributed by atoms with Crippen LogP contribution in [0.15, 0.2) is 24.4 Å². The van der Waals surface area contributed by atoms with Gasteiger partial charge in [0.15, 0.2) is 11.6 Å². The van der Waals surface area contributed by atoms with Crippen molar-refractivity contribution in [1.29, 1.82) is 0 Å². The van der Waals surface area contributed by atoms with Gasteiger partial charge in [-0.15, -0.1) is 5.10 Å². The standard InChI is InChI=1S/C20H26N8O/c1-20(18(29)26(2)3)9-5-10-27(20)19-22-17(15-6-4-11-28(15)25-19)21-16-12-14(23-24-16)13-7-8-13/h4,6,11-13H,5,7-10H2,1-3H3,(H2,21,22,23,24,25)/t20-/m0/s1. The Morgan fingerprint density at radius 1 is 1.38 bits per heavy atom. The van der Waals surface area contributed by atoms with Gasteiger partial charge in [0.05, 0.1) is 0 Å². The predicted molar refractivity (Wildman–Crippen MR) is 111 cm³/mol. The van der Waals surface area contributed by atoms with E-state index >= 15 is 0 Å². The van der Waals surface area contributed by atoms with Crippen LogP contribution in [0.3, 0.4) is 0 Å². The number of likely N-dealkylation sites (N-methyl/N-ethyl adjacent to an activating group) is 1. The fraction of sp³-hybridized carbons (Fsp3) is 0.500. The van der Waals surface area contributed by atoms with Crippen molar-refractivity contribution in [3.8, 4) is 0 Å². The first-order valence-corrected chi connectivity index (χ1v) is 10.1. The Balaban J connectivity index is 1.52. The molecule has 1 saturated heterocycles. The minimum absolute atomic E-state index is 0.0714. The minimum Gasteiger partial charge on any atom is -0.347 e. The molecular weight excluding hydrogens is 368 g/mol. The number of hydrogen-bond donors (Lipinski definition) is 2. The molecule has 0 bridgehead atoms. The van der Waals surface area contributed by atoms with E-state index in [0.717, 1.165) is 36.4 Å². The Labute approximate surface area is 169 Å². The molecule has 0 aromatic carbocycles. The van der Waals surface area contributed by atoms with Gasteiger partial charge in [0.1, 0.15) is 11.1 Å². The smallest absolute Gasteiger partial charge is 0.247 e.